The van der Waals surface area contributed by atoms with Crippen LogP contribution in [0, 0.1) is 11.3 Å². The van der Waals surface area contributed by atoms with E-state index in [4.69, 9.17) is 9.68 Å². The summed E-state index contributed by atoms with van der Waals surface area (Å²) in [7, 11) is -3.33. The first-order chi connectivity index (χ1) is 9.62. The molecule has 0 atom stereocenters. The number of nitrogens with zero attached hydrogens (tertiary/aromatic N) is 1. The maximum absolute atomic E-state index is 12.0. The first-order valence-electron chi connectivity index (χ1n) is 6.08. The molecule has 0 aliphatic heterocycles. The third-order valence-electron chi connectivity index (χ3n) is 2.77. The molecule has 2 aromatic rings. The van der Waals surface area contributed by atoms with Crippen molar-refractivity contribution in [2.75, 3.05) is 12.3 Å². The summed E-state index contributed by atoms with van der Waals surface area (Å²) in [6.45, 7) is 0.832. The lowest BCUT2D eigenvalue weighted by Gasteiger charge is -2.05. The second-order valence-corrected chi connectivity index (χ2v) is 6.32. The molecular formula is C14H14N2O3S. The summed E-state index contributed by atoms with van der Waals surface area (Å²) in [5.41, 5.74) is 0.444. The fourth-order valence-corrected chi connectivity index (χ4v) is 2.89. The van der Waals surface area contributed by atoms with Crippen molar-refractivity contribution < 1.29 is 12.8 Å². The first-order valence-corrected chi connectivity index (χ1v) is 7.73. The Kier molecular flexibility index (Phi) is 4.56. The van der Waals surface area contributed by atoms with Crippen molar-refractivity contribution in [1.82, 2.24) is 5.32 Å². The largest absolute Gasteiger partial charge is 0.468 e. The van der Waals surface area contributed by atoms with Gasteiger partial charge in [0.05, 0.1) is 35.1 Å². The molecule has 1 aromatic carbocycles. The molecule has 0 aliphatic rings. The lowest BCUT2D eigenvalue weighted by molar-refractivity contribution is 0.487. The highest BCUT2D eigenvalue weighted by molar-refractivity contribution is 7.91. The monoisotopic (exact) mass is 290 g/mol. The van der Waals surface area contributed by atoms with Crippen LogP contribution < -0.4 is 5.32 Å². The molecule has 20 heavy (non-hydrogen) atoms. The Balaban J connectivity index is 1.88. The molecule has 0 amide bonds. The number of rotatable bonds is 6. The van der Waals surface area contributed by atoms with E-state index in [0.717, 1.165) is 5.76 Å². The fraction of sp³-hybridized carbons (Fsp3) is 0.214. The van der Waals surface area contributed by atoms with E-state index in [1.807, 2.05) is 12.1 Å². The molecule has 104 valence electrons. The highest BCUT2D eigenvalue weighted by Crippen LogP contribution is 2.11. The predicted octanol–water partition coefficient (Wildman–Crippen LogP) is 1.71. The number of hydrogen-bond acceptors (Lipinski definition) is 5. The van der Waals surface area contributed by atoms with Crippen LogP contribution in [-0.2, 0) is 16.4 Å². The van der Waals surface area contributed by atoms with E-state index < -0.39 is 9.84 Å². The summed E-state index contributed by atoms with van der Waals surface area (Å²) in [5.74, 6) is 0.764. The van der Waals surface area contributed by atoms with Gasteiger partial charge in [0, 0.05) is 6.54 Å². The van der Waals surface area contributed by atoms with Crippen molar-refractivity contribution >= 4 is 9.84 Å². The van der Waals surface area contributed by atoms with E-state index in [1.165, 1.54) is 24.3 Å². The average molecular weight is 290 g/mol. The van der Waals surface area contributed by atoms with Crippen LogP contribution in [-0.4, -0.2) is 20.7 Å². The number of nitrogens with one attached hydrogen (secondary N) is 1. The van der Waals surface area contributed by atoms with Gasteiger partial charge in [-0.2, -0.15) is 5.26 Å². The molecule has 0 fully saturated rings. The van der Waals surface area contributed by atoms with Gasteiger partial charge in [-0.25, -0.2) is 8.42 Å². The van der Waals surface area contributed by atoms with Crippen molar-refractivity contribution in [3.8, 4) is 6.07 Å². The minimum absolute atomic E-state index is 0.000388. The number of furan rings is 1. The van der Waals surface area contributed by atoms with Crippen LogP contribution in [0.3, 0.4) is 0 Å². The van der Waals surface area contributed by atoms with Crippen LogP contribution in [0.5, 0.6) is 0 Å². The molecule has 6 heteroatoms. The minimum atomic E-state index is -3.33. The van der Waals surface area contributed by atoms with Gasteiger partial charge in [-0.05, 0) is 36.4 Å². The zero-order chi connectivity index (χ0) is 14.4. The van der Waals surface area contributed by atoms with Crippen LogP contribution >= 0.6 is 0 Å². The van der Waals surface area contributed by atoms with Gasteiger partial charge in [-0.1, -0.05) is 0 Å². The van der Waals surface area contributed by atoms with E-state index in [-0.39, 0.29) is 10.6 Å². The van der Waals surface area contributed by atoms with Crippen LogP contribution in [0.1, 0.15) is 11.3 Å². The zero-order valence-corrected chi connectivity index (χ0v) is 11.6. The summed E-state index contributed by atoms with van der Waals surface area (Å²) in [4.78, 5) is 0.233. The lowest BCUT2D eigenvalue weighted by atomic mass is 10.2. The Morgan fingerprint density at radius 3 is 2.55 bits per heavy atom. The SMILES string of the molecule is N#Cc1ccc(S(=O)(=O)CCNCc2ccco2)cc1. The molecule has 0 unspecified atom stereocenters. The van der Waals surface area contributed by atoms with E-state index in [2.05, 4.69) is 5.32 Å². The van der Waals surface area contributed by atoms with Gasteiger partial charge in [0.15, 0.2) is 9.84 Å². The second-order valence-electron chi connectivity index (χ2n) is 4.21. The molecule has 5 nitrogen and oxygen atoms in total. The maximum Gasteiger partial charge on any atom is 0.179 e. The highest BCUT2D eigenvalue weighted by Gasteiger charge is 2.13. The number of sulfone groups is 1. The van der Waals surface area contributed by atoms with Crippen molar-refractivity contribution in [3.05, 3.63) is 54.0 Å². The average Bonchev–Trinajstić information content (AvgIpc) is 2.97. The normalized spacial score (nSPS) is 11.2. The zero-order valence-electron chi connectivity index (χ0n) is 10.7. The number of hydrogen-bond donors (Lipinski definition) is 1. The van der Waals surface area contributed by atoms with Crippen LogP contribution in [0.4, 0.5) is 0 Å². The molecule has 0 saturated carbocycles. The number of nitriles is 1. The molecular weight excluding hydrogens is 276 g/mol. The molecule has 0 spiro atoms. The molecule has 0 bridgehead atoms. The Hall–Kier alpha value is -2.10. The minimum Gasteiger partial charge on any atom is -0.468 e. The Labute approximate surface area is 117 Å². The maximum atomic E-state index is 12.0. The topological polar surface area (TPSA) is 83.1 Å². The van der Waals surface area contributed by atoms with Crippen LogP contribution in [0.25, 0.3) is 0 Å². The highest BCUT2D eigenvalue weighted by atomic mass is 32.2. The van der Waals surface area contributed by atoms with Crippen molar-refractivity contribution in [2.24, 2.45) is 0 Å². The summed E-state index contributed by atoms with van der Waals surface area (Å²) in [5, 5.41) is 11.7. The standard InChI is InChI=1S/C14H14N2O3S/c15-10-12-3-5-14(6-4-12)20(17,18)9-7-16-11-13-2-1-8-19-13/h1-6,8,16H,7,9,11H2. The molecule has 1 aromatic heterocycles. The predicted molar refractivity (Wildman–Crippen MR) is 73.6 cm³/mol. The van der Waals surface area contributed by atoms with Gasteiger partial charge in [-0.3, -0.25) is 0 Å². The molecule has 1 N–H and O–H groups in total. The third-order valence-corrected chi connectivity index (χ3v) is 4.50. The van der Waals surface area contributed by atoms with Gasteiger partial charge in [-0.15, -0.1) is 0 Å². The van der Waals surface area contributed by atoms with Crippen LogP contribution in [0.15, 0.2) is 52.0 Å². The smallest absolute Gasteiger partial charge is 0.179 e. The molecule has 0 saturated heterocycles. The van der Waals surface area contributed by atoms with Crippen molar-refractivity contribution in [1.29, 1.82) is 5.26 Å². The second kappa shape index (κ2) is 6.37. The Bertz CT molecular complexity index is 683. The lowest BCUT2D eigenvalue weighted by Crippen LogP contribution is -2.22. The Morgan fingerprint density at radius 2 is 1.95 bits per heavy atom. The molecule has 0 aliphatic carbocycles. The van der Waals surface area contributed by atoms with Gasteiger partial charge in [0.1, 0.15) is 5.76 Å². The summed E-state index contributed by atoms with van der Waals surface area (Å²) < 4.78 is 29.2. The third kappa shape index (κ3) is 3.70. The van der Waals surface area contributed by atoms with Crippen molar-refractivity contribution in [2.45, 2.75) is 11.4 Å². The quantitative estimate of drug-likeness (QED) is 0.819. The summed E-state index contributed by atoms with van der Waals surface area (Å²) in [6, 6.07) is 11.5. The van der Waals surface area contributed by atoms with Gasteiger partial charge < -0.3 is 9.73 Å². The number of benzene rings is 1. The fourth-order valence-electron chi connectivity index (χ4n) is 1.69. The van der Waals surface area contributed by atoms with Gasteiger partial charge >= 0.3 is 0 Å². The van der Waals surface area contributed by atoms with Gasteiger partial charge in [0.2, 0.25) is 0 Å². The Morgan fingerprint density at radius 1 is 1.20 bits per heavy atom. The van der Waals surface area contributed by atoms with Crippen LogP contribution in [0.2, 0.25) is 0 Å². The van der Waals surface area contributed by atoms with Crippen molar-refractivity contribution in [3.63, 3.8) is 0 Å². The van der Waals surface area contributed by atoms with E-state index in [0.29, 0.717) is 18.7 Å². The van der Waals surface area contributed by atoms with E-state index in [9.17, 15) is 8.42 Å². The molecule has 2 rings (SSSR count). The van der Waals surface area contributed by atoms with Gasteiger partial charge in [0.25, 0.3) is 0 Å². The first kappa shape index (κ1) is 14.3. The van der Waals surface area contributed by atoms with E-state index >= 15 is 0 Å². The molecule has 1 heterocycles. The molecule has 0 radical (unpaired) electrons. The van der Waals surface area contributed by atoms with E-state index in [1.54, 1.807) is 12.3 Å². The summed E-state index contributed by atoms with van der Waals surface area (Å²) >= 11 is 0. The summed E-state index contributed by atoms with van der Waals surface area (Å²) in [6.07, 6.45) is 1.57.